The molecule has 0 amide bonds. The Morgan fingerprint density at radius 3 is 2.76 bits per heavy atom. The molecule has 0 bridgehead atoms. The Hall–Kier alpha value is -1.44. The summed E-state index contributed by atoms with van der Waals surface area (Å²) in [6.07, 6.45) is 0.626. The molecule has 1 aromatic heterocycles. The number of hydrogen-bond acceptors (Lipinski definition) is 6. The summed E-state index contributed by atoms with van der Waals surface area (Å²) in [5, 5.41) is 7.68. The van der Waals surface area contributed by atoms with Crippen molar-refractivity contribution in [1.29, 1.82) is 0 Å². The number of benzene rings is 1. The second-order valence-corrected chi connectivity index (χ2v) is 7.66. The van der Waals surface area contributed by atoms with Crippen LogP contribution in [0.4, 0.5) is 0 Å². The first kappa shape index (κ1) is 14.5. The fourth-order valence-electron chi connectivity index (χ4n) is 2.23. The van der Waals surface area contributed by atoms with Crippen LogP contribution in [0.15, 0.2) is 28.8 Å². The minimum atomic E-state index is -2.88. The summed E-state index contributed by atoms with van der Waals surface area (Å²) in [5.41, 5.74) is 0.817. The van der Waals surface area contributed by atoms with Gasteiger partial charge in [0.05, 0.1) is 18.1 Å². The van der Waals surface area contributed by atoms with E-state index in [4.69, 9.17) is 16.1 Å². The van der Waals surface area contributed by atoms with Crippen LogP contribution in [0.1, 0.15) is 12.3 Å². The predicted molar refractivity (Wildman–Crippen MR) is 78.6 cm³/mol. The zero-order valence-corrected chi connectivity index (χ0v) is 12.7. The lowest BCUT2D eigenvalue weighted by Gasteiger charge is -2.07. The van der Waals surface area contributed by atoms with Crippen molar-refractivity contribution in [3.63, 3.8) is 0 Å². The minimum absolute atomic E-state index is 0.0409. The van der Waals surface area contributed by atoms with Gasteiger partial charge >= 0.3 is 0 Å². The van der Waals surface area contributed by atoms with Crippen LogP contribution in [0, 0.1) is 0 Å². The van der Waals surface area contributed by atoms with Crippen molar-refractivity contribution in [2.24, 2.45) is 0 Å². The van der Waals surface area contributed by atoms with Gasteiger partial charge in [0, 0.05) is 16.6 Å². The molecule has 1 fully saturated rings. The molecule has 1 atom stereocenters. The Labute approximate surface area is 127 Å². The predicted octanol–water partition coefficient (Wildman–Crippen LogP) is 1.67. The van der Waals surface area contributed by atoms with Crippen LogP contribution in [-0.4, -0.2) is 36.1 Å². The van der Waals surface area contributed by atoms with E-state index < -0.39 is 9.84 Å². The normalized spacial score (nSPS) is 20.7. The van der Waals surface area contributed by atoms with E-state index in [1.165, 1.54) is 0 Å². The minimum Gasteiger partial charge on any atom is -0.338 e. The van der Waals surface area contributed by atoms with Gasteiger partial charge in [0.15, 0.2) is 9.84 Å². The van der Waals surface area contributed by atoms with Crippen LogP contribution in [0.3, 0.4) is 0 Å². The van der Waals surface area contributed by atoms with E-state index in [0.717, 1.165) is 5.56 Å². The van der Waals surface area contributed by atoms with Gasteiger partial charge in [-0.2, -0.15) is 4.98 Å². The summed E-state index contributed by atoms with van der Waals surface area (Å²) >= 11 is 5.83. The Morgan fingerprint density at radius 2 is 2.10 bits per heavy atom. The Morgan fingerprint density at radius 1 is 1.33 bits per heavy atom. The molecular weight excluding hydrogens is 314 g/mol. The van der Waals surface area contributed by atoms with Gasteiger partial charge in [0.25, 0.3) is 0 Å². The third kappa shape index (κ3) is 3.61. The molecule has 1 saturated heterocycles. The summed E-state index contributed by atoms with van der Waals surface area (Å²) in [5.74, 6) is 1.34. The molecular formula is C13H14ClN3O3S. The van der Waals surface area contributed by atoms with Crippen LogP contribution in [0.2, 0.25) is 5.02 Å². The molecule has 1 N–H and O–H groups in total. The van der Waals surface area contributed by atoms with E-state index in [2.05, 4.69) is 15.5 Å². The summed E-state index contributed by atoms with van der Waals surface area (Å²) in [6, 6.07) is 7.10. The molecule has 0 aliphatic carbocycles. The van der Waals surface area contributed by atoms with Crippen molar-refractivity contribution in [2.75, 3.05) is 11.5 Å². The molecule has 0 saturated carbocycles. The average Bonchev–Trinajstić information content (AvgIpc) is 3.04. The number of aromatic nitrogens is 2. The van der Waals surface area contributed by atoms with Crippen molar-refractivity contribution in [1.82, 2.24) is 15.5 Å². The molecule has 8 heteroatoms. The summed E-state index contributed by atoms with van der Waals surface area (Å²) in [6.45, 7) is 0.362. The van der Waals surface area contributed by atoms with E-state index >= 15 is 0 Å². The van der Waals surface area contributed by atoms with E-state index in [9.17, 15) is 8.42 Å². The van der Waals surface area contributed by atoms with Crippen LogP contribution < -0.4 is 5.32 Å². The van der Waals surface area contributed by atoms with Gasteiger partial charge in [-0.3, -0.25) is 0 Å². The molecule has 112 valence electrons. The third-order valence-electron chi connectivity index (χ3n) is 3.34. The summed E-state index contributed by atoms with van der Waals surface area (Å²) < 4.78 is 27.9. The molecule has 2 aromatic rings. The van der Waals surface area contributed by atoms with Crippen molar-refractivity contribution in [3.05, 3.63) is 35.2 Å². The van der Waals surface area contributed by atoms with Gasteiger partial charge in [-0.1, -0.05) is 16.8 Å². The van der Waals surface area contributed by atoms with Crippen LogP contribution in [-0.2, 0) is 16.4 Å². The van der Waals surface area contributed by atoms with E-state index in [1.54, 1.807) is 12.1 Å². The monoisotopic (exact) mass is 327 g/mol. The average molecular weight is 328 g/mol. The first-order valence-corrected chi connectivity index (χ1v) is 8.74. The number of rotatable bonds is 4. The molecule has 1 aromatic carbocycles. The van der Waals surface area contributed by atoms with Gasteiger partial charge in [0.1, 0.15) is 0 Å². The molecule has 0 spiro atoms. The summed E-state index contributed by atoms with van der Waals surface area (Å²) in [7, 11) is -2.88. The lowest BCUT2D eigenvalue weighted by Crippen LogP contribution is -2.29. The Balaban J connectivity index is 1.62. The fraction of sp³-hybridized carbons (Fsp3) is 0.385. The highest BCUT2D eigenvalue weighted by Crippen LogP contribution is 2.19. The van der Waals surface area contributed by atoms with E-state index in [0.29, 0.717) is 29.7 Å². The number of nitrogens with zero attached hydrogens (tertiary/aromatic N) is 2. The molecule has 1 aliphatic heterocycles. The number of halogens is 1. The van der Waals surface area contributed by atoms with Crippen molar-refractivity contribution in [3.8, 4) is 11.4 Å². The number of hydrogen-bond donors (Lipinski definition) is 1. The zero-order chi connectivity index (χ0) is 14.9. The highest BCUT2D eigenvalue weighted by Gasteiger charge is 2.27. The smallest absolute Gasteiger partial charge is 0.240 e. The van der Waals surface area contributed by atoms with Gasteiger partial charge in [-0.05, 0) is 30.7 Å². The van der Waals surface area contributed by atoms with Crippen LogP contribution in [0.25, 0.3) is 11.4 Å². The van der Waals surface area contributed by atoms with Crippen LogP contribution in [0.5, 0.6) is 0 Å². The van der Waals surface area contributed by atoms with Gasteiger partial charge < -0.3 is 9.84 Å². The van der Waals surface area contributed by atoms with Crippen LogP contribution >= 0.6 is 11.6 Å². The molecule has 6 nitrogen and oxygen atoms in total. The Bertz CT molecular complexity index is 727. The van der Waals surface area contributed by atoms with Crippen molar-refractivity contribution in [2.45, 2.75) is 19.0 Å². The quantitative estimate of drug-likeness (QED) is 0.919. The second kappa shape index (κ2) is 5.75. The fourth-order valence-corrected chi connectivity index (χ4v) is 4.06. The standard InChI is InChI=1S/C13H14ClN3O3S/c14-10-3-1-9(2-4-10)13-16-12(20-17-13)7-15-11-5-6-21(18,19)8-11/h1-4,11,15H,5-8H2. The topological polar surface area (TPSA) is 85.1 Å². The number of sulfone groups is 1. The first-order valence-electron chi connectivity index (χ1n) is 6.54. The van der Waals surface area contributed by atoms with Gasteiger partial charge in [0.2, 0.25) is 11.7 Å². The molecule has 1 unspecified atom stereocenters. The van der Waals surface area contributed by atoms with Crippen molar-refractivity contribution >= 4 is 21.4 Å². The summed E-state index contributed by atoms with van der Waals surface area (Å²) in [4.78, 5) is 4.27. The molecule has 0 radical (unpaired) electrons. The maximum Gasteiger partial charge on any atom is 0.240 e. The first-order chi connectivity index (χ1) is 10.0. The second-order valence-electron chi connectivity index (χ2n) is 5.00. The molecule has 21 heavy (non-hydrogen) atoms. The molecule has 2 heterocycles. The lowest BCUT2D eigenvalue weighted by molar-refractivity contribution is 0.360. The Kier molecular flexibility index (Phi) is 3.97. The largest absolute Gasteiger partial charge is 0.338 e. The van der Waals surface area contributed by atoms with Gasteiger partial charge in [-0.25, -0.2) is 8.42 Å². The number of nitrogens with one attached hydrogen (secondary N) is 1. The third-order valence-corrected chi connectivity index (χ3v) is 5.36. The molecule has 3 rings (SSSR count). The zero-order valence-electron chi connectivity index (χ0n) is 11.1. The van der Waals surface area contributed by atoms with E-state index in [1.807, 2.05) is 12.1 Å². The lowest BCUT2D eigenvalue weighted by atomic mass is 10.2. The maximum absolute atomic E-state index is 11.4. The van der Waals surface area contributed by atoms with Crippen molar-refractivity contribution < 1.29 is 12.9 Å². The van der Waals surface area contributed by atoms with Gasteiger partial charge in [-0.15, -0.1) is 0 Å². The molecule has 1 aliphatic rings. The highest BCUT2D eigenvalue weighted by molar-refractivity contribution is 7.91. The highest BCUT2D eigenvalue weighted by atomic mass is 35.5. The van der Waals surface area contributed by atoms with E-state index in [-0.39, 0.29) is 17.5 Å². The SMILES string of the molecule is O=S1(=O)CCC(NCc2nc(-c3ccc(Cl)cc3)no2)C1. The maximum atomic E-state index is 11.4.